The van der Waals surface area contributed by atoms with Gasteiger partial charge < -0.3 is 19.7 Å². The number of benzene rings is 2. The number of H-pyrrole nitrogens is 1. The lowest BCUT2D eigenvalue weighted by molar-refractivity contribution is -0.125. The number of fused-ring (bicyclic) bond motifs is 1. The third kappa shape index (κ3) is 6.04. The van der Waals surface area contributed by atoms with Gasteiger partial charge in [-0.05, 0) is 50.6 Å². The Labute approximate surface area is 227 Å². The number of ether oxygens (including phenoxy) is 2. The van der Waals surface area contributed by atoms with E-state index in [1.54, 1.807) is 12.3 Å². The first-order valence-electron chi connectivity index (χ1n) is 13.4. The van der Waals surface area contributed by atoms with Crippen molar-refractivity contribution in [2.75, 3.05) is 32.0 Å². The highest BCUT2D eigenvalue weighted by Crippen LogP contribution is 2.35. The van der Waals surface area contributed by atoms with Crippen LogP contribution in [0.15, 0.2) is 79.0 Å². The molecule has 2 N–H and O–H groups in total. The molecule has 2 fully saturated rings. The fourth-order valence-corrected chi connectivity index (χ4v) is 4.83. The van der Waals surface area contributed by atoms with Gasteiger partial charge >= 0.3 is 0 Å². The second-order valence-corrected chi connectivity index (χ2v) is 10.1. The van der Waals surface area contributed by atoms with E-state index in [0.717, 1.165) is 24.1 Å². The maximum atomic E-state index is 12.7. The summed E-state index contributed by atoms with van der Waals surface area (Å²) >= 11 is 0. The first-order valence-corrected chi connectivity index (χ1v) is 13.4. The molecule has 1 aliphatic carbocycles. The summed E-state index contributed by atoms with van der Waals surface area (Å²) in [5.74, 6) is 3.41. The number of pyridine rings is 1. The van der Waals surface area contributed by atoms with Crippen molar-refractivity contribution in [2.24, 2.45) is 0 Å². The number of para-hydroxylation sites is 1. The Bertz CT molecular complexity index is 1470. The Morgan fingerprint density at radius 3 is 2.69 bits per heavy atom. The predicted molar refractivity (Wildman–Crippen MR) is 150 cm³/mol. The van der Waals surface area contributed by atoms with Crippen molar-refractivity contribution in [1.29, 1.82) is 0 Å². The van der Waals surface area contributed by atoms with Crippen LogP contribution in [0.2, 0.25) is 0 Å². The van der Waals surface area contributed by atoms with Crippen molar-refractivity contribution >= 4 is 22.8 Å². The number of nitrogens with zero attached hydrogens (tertiary/aromatic N) is 4. The number of aromatic amines is 1. The summed E-state index contributed by atoms with van der Waals surface area (Å²) in [6.45, 7) is 2.13. The maximum absolute atomic E-state index is 12.7. The van der Waals surface area contributed by atoms with Gasteiger partial charge in [0.15, 0.2) is 11.5 Å². The van der Waals surface area contributed by atoms with Crippen molar-refractivity contribution < 1.29 is 14.3 Å². The topological polar surface area (TPSA) is 95.6 Å². The summed E-state index contributed by atoms with van der Waals surface area (Å²) in [6.07, 6.45) is 8.72. The first kappa shape index (κ1) is 24.9. The lowest BCUT2D eigenvalue weighted by Gasteiger charge is -2.16. The van der Waals surface area contributed by atoms with Crippen LogP contribution in [0.25, 0.3) is 11.0 Å². The third-order valence-corrected chi connectivity index (χ3v) is 7.10. The van der Waals surface area contributed by atoms with Gasteiger partial charge in [0, 0.05) is 56.1 Å². The van der Waals surface area contributed by atoms with Crippen LogP contribution in [0.5, 0.6) is 23.0 Å². The highest BCUT2D eigenvalue weighted by atomic mass is 16.5. The summed E-state index contributed by atoms with van der Waals surface area (Å²) in [5.41, 5.74) is 0.625. The molecule has 1 atom stereocenters. The SMILES string of the molecule is CN(CC=CC(=O)N1CC[C@@H](Nc2n[nH]c3nccc(Oc4cccc(Oc5ccccc5)c4)c23)C1)C1CC1. The van der Waals surface area contributed by atoms with Crippen LogP contribution >= 0.6 is 0 Å². The smallest absolute Gasteiger partial charge is 0.246 e. The zero-order valence-electron chi connectivity index (χ0n) is 21.9. The first-order chi connectivity index (χ1) is 19.1. The second-order valence-electron chi connectivity index (χ2n) is 10.1. The van der Waals surface area contributed by atoms with E-state index in [2.05, 4.69) is 32.4 Å². The number of rotatable bonds is 10. The third-order valence-electron chi connectivity index (χ3n) is 7.10. The van der Waals surface area contributed by atoms with Gasteiger partial charge in [-0.1, -0.05) is 30.3 Å². The van der Waals surface area contributed by atoms with Crippen LogP contribution in [0, 0.1) is 0 Å². The van der Waals surface area contributed by atoms with Crippen LogP contribution in [0.3, 0.4) is 0 Å². The van der Waals surface area contributed by atoms with Crippen LogP contribution in [-0.4, -0.2) is 69.7 Å². The lowest BCUT2D eigenvalue weighted by atomic mass is 10.2. The molecule has 2 aromatic carbocycles. The van der Waals surface area contributed by atoms with Crippen LogP contribution < -0.4 is 14.8 Å². The highest BCUT2D eigenvalue weighted by molar-refractivity contribution is 5.93. The quantitative estimate of drug-likeness (QED) is 0.275. The largest absolute Gasteiger partial charge is 0.457 e. The van der Waals surface area contributed by atoms with Crippen molar-refractivity contribution in [3.05, 3.63) is 79.0 Å². The second kappa shape index (κ2) is 11.2. The summed E-state index contributed by atoms with van der Waals surface area (Å²) in [7, 11) is 2.11. The number of likely N-dealkylation sites (N-methyl/N-ethyl adjacent to an activating group) is 1. The molecule has 0 unspecified atom stereocenters. The van der Waals surface area contributed by atoms with Gasteiger partial charge in [0.05, 0.1) is 0 Å². The Kier molecular flexibility index (Phi) is 7.14. The molecule has 9 nitrogen and oxygen atoms in total. The minimum atomic E-state index is 0.0543. The van der Waals surface area contributed by atoms with Gasteiger partial charge in [0.2, 0.25) is 5.91 Å². The zero-order chi connectivity index (χ0) is 26.6. The maximum Gasteiger partial charge on any atom is 0.246 e. The standard InChI is InChI=1S/C30H32N6O3/c1-35(22-12-13-22)17-6-11-27(37)36-18-15-21(20-36)32-30-28-26(14-16-31-29(28)33-34-30)39-25-10-5-9-24(19-25)38-23-7-3-2-4-8-23/h2-11,14,16,19,21-22H,12-13,15,17-18,20H2,1H3,(H2,31,32,33,34)/t21-/m1/s1. The predicted octanol–water partition coefficient (Wildman–Crippen LogP) is 5.21. The molecule has 3 heterocycles. The van der Waals surface area contributed by atoms with E-state index in [4.69, 9.17) is 9.47 Å². The zero-order valence-corrected chi connectivity index (χ0v) is 21.9. The lowest BCUT2D eigenvalue weighted by Crippen LogP contribution is -2.30. The van der Waals surface area contributed by atoms with Gasteiger partial charge in [-0.2, -0.15) is 5.10 Å². The van der Waals surface area contributed by atoms with E-state index in [9.17, 15) is 4.79 Å². The molecule has 6 rings (SSSR count). The Hall–Kier alpha value is -4.37. The number of amides is 1. The Balaban J connectivity index is 1.12. The summed E-state index contributed by atoms with van der Waals surface area (Å²) in [4.78, 5) is 21.3. The molecule has 0 bridgehead atoms. The van der Waals surface area contributed by atoms with Gasteiger partial charge in [-0.25, -0.2) is 4.98 Å². The molecule has 1 saturated heterocycles. The molecule has 0 spiro atoms. The molecule has 1 amide bonds. The number of likely N-dealkylation sites (tertiary alicyclic amines) is 1. The van der Waals surface area contributed by atoms with E-state index in [1.807, 2.05) is 71.6 Å². The van der Waals surface area contributed by atoms with Crippen molar-refractivity contribution in [3.63, 3.8) is 0 Å². The van der Waals surface area contributed by atoms with Gasteiger partial charge in [-0.15, -0.1) is 0 Å². The Morgan fingerprint density at radius 2 is 1.87 bits per heavy atom. The van der Waals surface area contributed by atoms with Crippen LogP contribution in [0.1, 0.15) is 19.3 Å². The normalized spacial score (nSPS) is 17.3. The molecule has 2 aromatic heterocycles. The summed E-state index contributed by atoms with van der Waals surface area (Å²) in [6, 6.07) is 19.7. The molecule has 9 heteroatoms. The number of carbonyl (C=O) groups is 1. The molecule has 1 aliphatic heterocycles. The number of nitrogens with one attached hydrogen (secondary N) is 2. The monoisotopic (exact) mass is 524 g/mol. The number of carbonyl (C=O) groups excluding carboxylic acids is 1. The number of anilines is 1. The van der Waals surface area contributed by atoms with Gasteiger partial charge in [0.25, 0.3) is 0 Å². The average Bonchev–Trinajstić information content (AvgIpc) is 3.57. The number of hydrogen-bond donors (Lipinski definition) is 2. The molecule has 1 saturated carbocycles. The minimum absolute atomic E-state index is 0.0543. The van der Waals surface area contributed by atoms with E-state index < -0.39 is 0 Å². The van der Waals surface area contributed by atoms with Gasteiger partial charge in [0.1, 0.15) is 28.4 Å². The molecule has 200 valence electrons. The number of hydrogen-bond acceptors (Lipinski definition) is 7. The van der Waals surface area contributed by atoms with E-state index in [0.29, 0.717) is 47.8 Å². The molecular weight excluding hydrogens is 492 g/mol. The number of aromatic nitrogens is 3. The fourth-order valence-electron chi connectivity index (χ4n) is 4.83. The molecule has 4 aromatic rings. The molecule has 0 radical (unpaired) electrons. The fraction of sp³-hybridized carbons (Fsp3) is 0.300. The molecule has 2 aliphatic rings. The van der Waals surface area contributed by atoms with Crippen LogP contribution in [0.4, 0.5) is 5.82 Å². The Morgan fingerprint density at radius 1 is 1.08 bits per heavy atom. The van der Waals surface area contributed by atoms with Crippen molar-refractivity contribution in [2.45, 2.75) is 31.3 Å². The van der Waals surface area contributed by atoms with E-state index in [1.165, 1.54) is 12.8 Å². The molecule has 39 heavy (non-hydrogen) atoms. The van der Waals surface area contributed by atoms with Crippen molar-refractivity contribution in [3.8, 4) is 23.0 Å². The van der Waals surface area contributed by atoms with E-state index in [-0.39, 0.29) is 11.9 Å². The molecular formula is C30H32N6O3. The summed E-state index contributed by atoms with van der Waals surface area (Å²) in [5, 5.41) is 11.7. The average molecular weight is 525 g/mol. The van der Waals surface area contributed by atoms with Crippen LogP contribution in [-0.2, 0) is 4.79 Å². The minimum Gasteiger partial charge on any atom is -0.457 e. The van der Waals surface area contributed by atoms with E-state index >= 15 is 0 Å². The summed E-state index contributed by atoms with van der Waals surface area (Å²) < 4.78 is 12.2. The van der Waals surface area contributed by atoms with Crippen molar-refractivity contribution in [1.82, 2.24) is 25.0 Å². The van der Waals surface area contributed by atoms with Gasteiger partial charge in [-0.3, -0.25) is 14.8 Å². The highest BCUT2D eigenvalue weighted by Gasteiger charge is 2.27.